The number of benzene rings is 1. The summed E-state index contributed by atoms with van der Waals surface area (Å²) in [7, 11) is 0. The Bertz CT molecular complexity index is 262. The monoisotopic (exact) mass is 176 g/mol. The summed E-state index contributed by atoms with van der Waals surface area (Å²) in [6.07, 6.45) is 3.83. The van der Waals surface area contributed by atoms with Crippen LogP contribution in [0.4, 0.5) is 5.69 Å². The average molecular weight is 176 g/mol. The van der Waals surface area contributed by atoms with Gasteiger partial charge in [0.05, 0.1) is 0 Å². The number of nitrogen functional groups attached to an aromatic ring is 1. The second-order valence-electron chi connectivity index (χ2n) is 3.72. The molecule has 1 aromatic carbocycles. The molecular formula is C11H16N2. The van der Waals surface area contributed by atoms with Gasteiger partial charge in [-0.3, -0.25) is 0 Å². The first-order valence-electron chi connectivity index (χ1n) is 4.92. The van der Waals surface area contributed by atoms with Crippen LogP contribution in [0.3, 0.4) is 0 Å². The van der Waals surface area contributed by atoms with Gasteiger partial charge >= 0.3 is 0 Å². The van der Waals surface area contributed by atoms with E-state index in [1.54, 1.807) is 0 Å². The summed E-state index contributed by atoms with van der Waals surface area (Å²) in [5.74, 6) is 0. The van der Waals surface area contributed by atoms with Crippen molar-refractivity contribution < 1.29 is 0 Å². The minimum Gasteiger partial charge on any atom is -0.399 e. The highest BCUT2D eigenvalue weighted by atomic mass is 14.9. The third kappa shape index (κ3) is 2.74. The minimum absolute atomic E-state index is 0.814. The van der Waals surface area contributed by atoms with Crippen molar-refractivity contribution in [3.05, 3.63) is 29.8 Å². The molecule has 2 nitrogen and oxygen atoms in total. The van der Waals surface area contributed by atoms with E-state index in [-0.39, 0.29) is 0 Å². The largest absolute Gasteiger partial charge is 0.399 e. The van der Waals surface area contributed by atoms with E-state index in [9.17, 15) is 0 Å². The van der Waals surface area contributed by atoms with Gasteiger partial charge in [0, 0.05) is 11.7 Å². The standard InChI is InChI=1S/C11H16N2/c12-10-3-1-9(2-4-10)7-8-13-11-5-6-11/h1-4,11,13H,5-8,12H2. The van der Waals surface area contributed by atoms with Crippen molar-refractivity contribution in [3.8, 4) is 0 Å². The van der Waals surface area contributed by atoms with Crippen LogP contribution in [0.5, 0.6) is 0 Å². The molecule has 0 saturated heterocycles. The predicted molar refractivity (Wildman–Crippen MR) is 55.6 cm³/mol. The van der Waals surface area contributed by atoms with Crippen LogP contribution in [-0.2, 0) is 6.42 Å². The van der Waals surface area contributed by atoms with Crippen LogP contribution in [0.1, 0.15) is 18.4 Å². The van der Waals surface area contributed by atoms with Gasteiger partial charge in [0.1, 0.15) is 0 Å². The number of anilines is 1. The Balaban J connectivity index is 1.76. The van der Waals surface area contributed by atoms with Gasteiger partial charge in [-0.2, -0.15) is 0 Å². The summed E-state index contributed by atoms with van der Waals surface area (Å²) in [5.41, 5.74) is 7.81. The molecule has 0 aromatic heterocycles. The van der Waals surface area contributed by atoms with E-state index in [0.29, 0.717) is 0 Å². The molecule has 1 aliphatic carbocycles. The molecule has 70 valence electrons. The van der Waals surface area contributed by atoms with Crippen molar-refractivity contribution >= 4 is 5.69 Å². The molecule has 0 aliphatic heterocycles. The summed E-state index contributed by atoms with van der Waals surface area (Å²) < 4.78 is 0. The Kier molecular flexibility index (Phi) is 2.50. The molecule has 1 aliphatic rings. The van der Waals surface area contributed by atoms with Crippen LogP contribution in [0.15, 0.2) is 24.3 Å². The summed E-state index contributed by atoms with van der Waals surface area (Å²) in [4.78, 5) is 0. The fourth-order valence-corrected chi connectivity index (χ4v) is 1.39. The van der Waals surface area contributed by atoms with Crippen molar-refractivity contribution in [1.82, 2.24) is 5.32 Å². The quantitative estimate of drug-likeness (QED) is 0.683. The number of hydrogen-bond acceptors (Lipinski definition) is 2. The highest BCUT2D eigenvalue weighted by Crippen LogP contribution is 2.18. The van der Waals surface area contributed by atoms with Crippen LogP contribution >= 0.6 is 0 Å². The fraction of sp³-hybridized carbons (Fsp3) is 0.455. The Morgan fingerprint density at radius 3 is 2.54 bits per heavy atom. The molecule has 0 heterocycles. The van der Waals surface area contributed by atoms with Gasteiger partial charge in [-0.15, -0.1) is 0 Å². The molecule has 0 spiro atoms. The maximum atomic E-state index is 5.60. The van der Waals surface area contributed by atoms with E-state index in [0.717, 1.165) is 24.7 Å². The number of hydrogen-bond donors (Lipinski definition) is 2. The number of nitrogens with two attached hydrogens (primary N) is 1. The van der Waals surface area contributed by atoms with Crippen LogP contribution in [-0.4, -0.2) is 12.6 Å². The molecule has 1 aromatic rings. The lowest BCUT2D eigenvalue weighted by atomic mass is 10.1. The first kappa shape index (κ1) is 8.57. The number of nitrogens with one attached hydrogen (secondary N) is 1. The summed E-state index contributed by atoms with van der Waals surface area (Å²) in [6, 6.07) is 8.95. The molecule has 1 fully saturated rings. The van der Waals surface area contributed by atoms with E-state index in [2.05, 4.69) is 17.4 Å². The topological polar surface area (TPSA) is 38.0 Å². The molecule has 0 amide bonds. The third-order valence-electron chi connectivity index (χ3n) is 2.40. The lowest BCUT2D eigenvalue weighted by Crippen LogP contribution is -2.19. The molecule has 2 heteroatoms. The first-order chi connectivity index (χ1) is 6.34. The molecule has 1 saturated carbocycles. The maximum Gasteiger partial charge on any atom is 0.0314 e. The van der Waals surface area contributed by atoms with Crippen molar-refractivity contribution in [3.63, 3.8) is 0 Å². The van der Waals surface area contributed by atoms with Gasteiger partial charge in [0.15, 0.2) is 0 Å². The first-order valence-corrected chi connectivity index (χ1v) is 4.92. The van der Waals surface area contributed by atoms with Gasteiger partial charge in [-0.1, -0.05) is 12.1 Å². The lowest BCUT2D eigenvalue weighted by Gasteiger charge is -2.02. The van der Waals surface area contributed by atoms with Crippen molar-refractivity contribution in [1.29, 1.82) is 0 Å². The van der Waals surface area contributed by atoms with Gasteiger partial charge in [-0.25, -0.2) is 0 Å². The lowest BCUT2D eigenvalue weighted by molar-refractivity contribution is 0.682. The Morgan fingerprint density at radius 2 is 1.92 bits per heavy atom. The van der Waals surface area contributed by atoms with Crippen LogP contribution < -0.4 is 11.1 Å². The zero-order valence-electron chi connectivity index (χ0n) is 7.79. The zero-order chi connectivity index (χ0) is 9.10. The minimum atomic E-state index is 0.814. The van der Waals surface area contributed by atoms with Gasteiger partial charge in [0.25, 0.3) is 0 Å². The molecule has 13 heavy (non-hydrogen) atoms. The zero-order valence-corrected chi connectivity index (χ0v) is 7.79. The normalized spacial score (nSPS) is 16.0. The molecule has 0 unspecified atom stereocenters. The molecule has 0 bridgehead atoms. The summed E-state index contributed by atoms with van der Waals surface area (Å²) in [6.45, 7) is 1.09. The van der Waals surface area contributed by atoms with Crippen LogP contribution in [0, 0.1) is 0 Å². The van der Waals surface area contributed by atoms with Gasteiger partial charge in [-0.05, 0) is 43.5 Å². The average Bonchev–Trinajstić information content (AvgIpc) is 2.92. The fourth-order valence-electron chi connectivity index (χ4n) is 1.39. The predicted octanol–water partition coefficient (Wildman–Crippen LogP) is 1.56. The smallest absolute Gasteiger partial charge is 0.0314 e. The van der Waals surface area contributed by atoms with E-state index in [4.69, 9.17) is 5.73 Å². The van der Waals surface area contributed by atoms with Gasteiger partial charge < -0.3 is 11.1 Å². The molecule has 0 atom stereocenters. The SMILES string of the molecule is Nc1ccc(CCNC2CC2)cc1. The highest BCUT2D eigenvalue weighted by Gasteiger charge is 2.19. The van der Waals surface area contributed by atoms with Crippen molar-refractivity contribution in [2.45, 2.75) is 25.3 Å². The van der Waals surface area contributed by atoms with Crippen LogP contribution in [0.2, 0.25) is 0 Å². The second-order valence-corrected chi connectivity index (χ2v) is 3.72. The maximum absolute atomic E-state index is 5.60. The molecular weight excluding hydrogens is 160 g/mol. The third-order valence-corrected chi connectivity index (χ3v) is 2.40. The summed E-state index contributed by atoms with van der Waals surface area (Å²) >= 11 is 0. The van der Waals surface area contributed by atoms with Crippen molar-refractivity contribution in [2.24, 2.45) is 0 Å². The molecule has 0 radical (unpaired) electrons. The Hall–Kier alpha value is -1.02. The molecule has 3 N–H and O–H groups in total. The molecule has 2 rings (SSSR count). The number of rotatable bonds is 4. The van der Waals surface area contributed by atoms with Crippen LogP contribution in [0.25, 0.3) is 0 Å². The van der Waals surface area contributed by atoms with E-state index in [1.165, 1.54) is 18.4 Å². The Labute approximate surface area is 79.1 Å². The van der Waals surface area contributed by atoms with Crippen molar-refractivity contribution in [2.75, 3.05) is 12.3 Å². The second kappa shape index (κ2) is 3.79. The highest BCUT2D eigenvalue weighted by molar-refractivity contribution is 5.39. The Morgan fingerprint density at radius 1 is 1.23 bits per heavy atom. The van der Waals surface area contributed by atoms with E-state index >= 15 is 0 Å². The summed E-state index contributed by atoms with van der Waals surface area (Å²) in [5, 5.41) is 3.49. The van der Waals surface area contributed by atoms with E-state index in [1.807, 2.05) is 12.1 Å². The van der Waals surface area contributed by atoms with E-state index < -0.39 is 0 Å². The van der Waals surface area contributed by atoms with Gasteiger partial charge in [0.2, 0.25) is 0 Å².